The summed E-state index contributed by atoms with van der Waals surface area (Å²) in [5.41, 5.74) is 3.40. The third-order valence-corrected chi connectivity index (χ3v) is 5.49. The molecule has 0 N–H and O–H groups in total. The lowest BCUT2D eigenvalue weighted by Gasteiger charge is -2.36. The second-order valence-corrected chi connectivity index (χ2v) is 10.1. The number of hydrogen-bond donors (Lipinski definition) is 0. The van der Waals surface area contributed by atoms with Crippen LogP contribution in [0.4, 0.5) is 0 Å². The van der Waals surface area contributed by atoms with E-state index in [0.717, 1.165) is 18.4 Å². The number of benzene rings is 1. The Bertz CT molecular complexity index is 702. The van der Waals surface area contributed by atoms with E-state index in [4.69, 9.17) is 0 Å². The summed E-state index contributed by atoms with van der Waals surface area (Å²) in [6, 6.07) is 6.35. The minimum atomic E-state index is -3.09. The van der Waals surface area contributed by atoms with Gasteiger partial charge in [-0.1, -0.05) is 18.2 Å². The Labute approximate surface area is 146 Å². The minimum absolute atomic E-state index is 0.000196. The summed E-state index contributed by atoms with van der Waals surface area (Å²) < 4.78 is 22.9. The molecule has 1 aromatic rings. The first-order valence-electron chi connectivity index (χ1n) is 8.65. The summed E-state index contributed by atoms with van der Waals surface area (Å²) >= 11 is 0. The number of carbonyl (C=O) groups excluding carboxylic acids is 1. The maximum Gasteiger partial charge on any atom is 0.227 e. The van der Waals surface area contributed by atoms with Crippen LogP contribution in [0.3, 0.4) is 0 Å². The summed E-state index contributed by atoms with van der Waals surface area (Å²) in [6.07, 6.45) is 6.22. The van der Waals surface area contributed by atoms with Crippen LogP contribution >= 0.6 is 0 Å². The third kappa shape index (κ3) is 5.33. The molecule has 0 saturated carbocycles. The molecule has 0 aliphatic heterocycles. The van der Waals surface area contributed by atoms with Gasteiger partial charge in [0.2, 0.25) is 5.91 Å². The van der Waals surface area contributed by atoms with Crippen LogP contribution in [-0.4, -0.2) is 43.3 Å². The van der Waals surface area contributed by atoms with Crippen LogP contribution in [0.25, 0.3) is 0 Å². The standard InChI is InChI=1S/C19H29NO3S/c1-19(2,3)20(11-12-24(4,22)23)18(21)14-15-9-10-16-7-5-6-8-17(16)13-15/h9-10,13H,5-8,11-12,14H2,1-4H3. The molecule has 4 nitrogen and oxygen atoms in total. The van der Waals surface area contributed by atoms with Crippen molar-refractivity contribution in [3.63, 3.8) is 0 Å². The van der Waals surface area contributed by atoms with Crippen LogP contribution in [0.1, 0.15) is 50.3 Å². The second kappa shape index (κ2) is 7.26. The fourth-order valence-electron chi connectivity index (χ4n) is 3.26. The molecule has 0 spiro atoms. The van der Waals surface area contributed by atoms with Crippen LogP contribution in [0.2, 0.25) is 0 Å². The summed E-state index contributed by atoms with van der Waals surface area (Å²) in [7, 11) is -3.09. The lowest BCUT2D eigenvalue weighted by molar-refractivity contribution is -0.134. The number of amides is 1. The Kier molecular flexibility index (Phi) is 5.74. The van der Waals surface area contributed by atoms with Crippen molar-refractivity contribution in [1.82, 2.24) is 4.90 Å². The van der Waals surface area contributed by atoms with Gasteiger partial charge in [0.15, 0.2) is 0 Å². The topological polar surface area (TPSA) is 54.5 Å². The van der Waals surface area contributed by atoms with Gasteiger partial charge in [-0.25, -0.2) is 8.42 Å². The minimum Gasteiger partial charge on any atom is -0.337 e. The average Bonchev–Trinajstić information content (AvgIpc) is 2.44. The molecule has 0 fully saturated rings. The molecule has 0 saturated heterocycles. The Morgan fingerprint density at radius 3 is 2.33 bits per heavy atom. The number of sulfone groups is 1. The molecule has 0 atom stereocenters. The zero-order valence-corrected chi connectivity index (χ0v) is 16.1. The number of hydrogen-bond acceptors (Lipinski definition) is 3. The highest BCUT2D eigenvalue weighted by molar-refractivity contribution is 7.90. The van der Waals surface area contributed by atoms with Crippen LogP contribution < -0.4 is 0 Å². The van der Waals surface area contributed by atoms with Gasteiger partial charge in [0.05, 0.1) is 12.2 Å². The predicted octanol–water partition coefficient (Wildman–Crippen LogP) is 2.78. The summed E-state index contributed by atoms with van der Waals surface area (Å²) in [5, 5.41) is 0. The number of nitrogens with zero attached hydrogens (tertiary/aromatic N) is 1. The molecule has 2 rings (SSSR count). The van der Waals surface area contributed by atoms with Gasteiger partial charge in [-0.2, -0.15) is 0 Å². The van der Waals surface area contributed by atoms with Gasteiger partial charge in [0, 0.05) is 18.3 Å². The van der Waals surface area contributed by atoms with Crippen molar-refractivity contribution in [1.29, 1.82) is 0 Å². The van der Waals surface area contributed by atoms with Crippen molar-refractivity contribution in [3.05, 3.63) is 34.9 Å². The highest BCUT2D eigenvalue weighted by Gasteiger charge is 2.27. The molecular formula is C19H29NO3S. The van der Waals surface area contributed by atoms with Gasteiger partial charge in [-0.05, 0) is 63.1 Å². The van der Waals surface area contributed by atoms with Crippen molar-refractivity contribution < 1.29 is 13.2 Å². The maximum absolute atomic E-state index is 12.8. The first kappa shape index (κ1) is 19.0. The first-order chi connectivity index (χ1) is 11.1. The zero-order valence-electron chi connectivity index (χ0n) is 15.3. The molecule has 0 unspecified atom stereocenters. The van der Waals surface area contributed by atoms with Gasteiger partial charge in [0.1, 0.15) is 9.84 Å². The highest BCUT2D eigenvalue weighted by atomic mass is 32.2. The van der Waals surface area contributed by atoms with E-state index in [1.807, 2.05) is 26.8 Å². The summed E-state index contributed by atoms with van der Waals surface area (Å²) in [5.74, 6) is -0.0119. The van der Waals surface area contributed by atoms with Crippen LogP contribution in [0.15, 0.2) is 18.2 Å². The normalized spacial score (nSPS) is 15.0. The molecule has 134 valence electrons. The van der Waals surface area contributed by atoms with Crippen molar-refractivity contribution in [2.45, 2.75) is 58.4 Å². The third-order valence-electron chi connectivity index (χ3n) is 4.56. The molecule has 0 aromatic heterocycles. The molecule has 0 radical (unpaired) electrons. The number of fused-ring (bicyclic) bond motifs is 1. The molecule has 0 heterocycles. The average molecular weight is 352 g/mol. The SMILES string of the molecule is CC(C)(C)N(CCS(C)(=O)=O)C(=O)Cc1ccc2c(c1)CCCC2. The highest BCUT2D eigenvalue weighted by Crippen LogP contribution is 2.23. The van der Waals surface area contributed by atoms with E-state index in [-0.39, 0.29) is 18.2 Å². The van der Waals surface area contributed by atoms with Gasteiger partial charge < -0.3 is 4.90 Å². The van der Waals surface area contributed by atoms with Gasteiger partial charge >= 0.3 is 0 Å². The van der Waals surface area contributed by atoms with Gasteiger partial charge in [0.25, 0.3) is 0 Å². The van der Waals surface area contributed by atoms with E-state index >= 15 is 0 Å². The molecule has 1 aliphatic rings. The Morgan fingerprint density at radius 2 is 1.75 bits per heavy atom. The lowest BCUT2D eigenvalue weighted by atomic mass is 9.90. The monoisotopic (exact) mass is 351 g/mol. The number of rotatable bonds is 5. The molecular weight excluding hydrogens is 322 g/mol. The predicted molar refractivity (Wildman–Crippen MR) is 98.0 cm³/mol. The summed E-state index contributed by atoms with van der Waals surface area (Å²) in [4.78, 5) is 14.5. The van der Waals surface area contributed by atoms with Crippen molar-refractivity contribution in [3.8, 4) is 0 Å². The quantitative estimate of drug-likeness (QED) is 0.820. The fraction of sp³-hybridized carbons (Fsp3) is 0.632. The molecule has 1 aromatic carbocycles. The Morgan fingerprint density at radius 1 is 1.12 bits per heavy atom. The smallest absolute Gasteiger partial charge is 0.227 e. The fourth-order valence-corrected chi connectivity index (χ4v) is 3.77. The van der Waals surface area contributed by atoms with Crippen LogP contribution in [0.5, 0.6) is 0 Å². The van der Waals surface area contributed by atoms with Crippen molar-refractivity contribution >= 4 is 15.7 Å². The van der Waals surface area contributed by atoms with E-state index in [2.05, 4.69) is 12.1 Å². The first-order valence-corrected chi connectivity index (χ1v) is 10.7. The van der Waals surface area contributed by atoms with Gasteiger partial charge in [-0.3, -0.25) is 4.79 Å². The second-order valence-electron chi connectivity index (χ2n) is 7.83. The molecule has 5 heteroatoms. The number of carbonyl (C=O) groups is 1. The van der Waals surface area contributed by atoms with E-state index in [9.17, 15) is 13.2 Å². The molecule has 1 aliphatic carbocycles. The van der Waals surface area contributed by atoms with Crippen LogP contribution in [0, 0.1) is 0 Å². The van der Waals surface area contributed by atoms with Crippen molar-refractivity contribution in [2.24, 2.45) is 0 Å². The van der Waals surface area contributed by atoms with E-state index in [1.54, 1.807) is 4.90 Å². The Hall–Kier alpha value is -1.36. The summed E-state index contributed by atoms with van der Waals surface area (Å²) in [6.45, 7) is 6.08. The van der Waals surface area contributed by atoms with Gasteiger partial charge in [-0.15, -0.1) is 0 Å². The largest absolute Gasteiger partial charge is 0.337 e. The maximum atomic E-state index is 12.8. The van der Waals surface area contributed by atoms with Crippen LogP contribution in [-0.2, 0) is 33.9 Å². The lowest BCUT2D eigenvalue weighted by Crippen LogP contribution is -2.48. The molecule has 1 amide bonds. The number of aryl methyl sites for hydroxylation is 2. The zero-order chi connectivity index (χ0) is 18.0. The Balaban J connectivity index is 2.12. The van der Waals surface area contributed by atoms with Crippen molar-refractivity contribution in [2.75, 3.05) is 18.6 Å². The van der Waals surface area contributed by atoms with E-state index in [1.165, 1.54) is 30.2 Å². The van der Waals surface area contributed by atoms with E-state index < -0.39 is 15.4 Å². The molecule has 24 heavy (non-hydrogen) atoms. The van der Waals surface area contributed by atoms with E-state index in [0.29, 0.717) is 6.42 Å². The molecule has 0 bridgehead atoms.